The van der Waals surface area contributed by atoms with E-state index in [0.29, 0.717) is 6.61 Å². The summed E-state index contributed by atoms with van der Waals surface area (Å²) in [7, 11) is -4.13. The number of nitrogens with two attached hydrogens (primary N) is 2. The summed E-state index contributed by atoms with van der Waals surface area (Å²) in [6.45, 7) is 0.554. The monoisotopic (exact) mass is 304 g/mol. The zero-order chi connectivity index (χ0) is 14.8. The van der Waals surface area contributed by atoms with Crippen molar-refractivity contribution in [2.24, 2.45) is 5.41 Å². The average Bonchev–Trinajstić information content (AvgIpc) is 3.04. The first-order valence-electron chi connectivity index (χ1n) is 5.93. The number of rotatable bonds is 7. The molecule has 0 aliphatic heterocycles. The van der Waals surface area contributed by atoms with E-state index in [4.69, 9.17) is 30.7 Å². The van der Waals surface area contributed by atoms with Crippen LogP contribution in [-0.4, -0.2) is 39.3 Å². The van der Waals surface area contributed by atoms with Crippen LogP contribution in [0.3, 0.4) is 0 Å². The van der Waals surface area contributed by atoms with Crippen LogP contribution in [0.25, 0.3) is 0 Å². The topological polar surface area (TPSA) is 154 Å². The van der Waals surface area contributed by atoms with Gasteiger partial charge in [-0.2, -0.15) is 9.97 Å². The van der Waals surface area contributed by atoms with Crippen LogP contribution in [0, 0.1) is 5.41 Å². The quantitative estimate of drug-likeness (QED) is 0.507. The van der Waals surface area contributed by atoms with Crippen LogP contribution in [0.1, 0.15) is 12.8 Å². The maximum Gasteiger partial charge on any atom is 0.350 e. The number of nitrogen functional groups attached to an aromatic ring is 2. The fourth-order valence-electron chi connectivity index (χ4n) is 1.65. The Hall–Kier alpha value is -1.41. The van der Waals surface area contributed by atoms with Gasteiger partial charge in [-0.05, 0) is 12.8 Å². The van der Waals surface area contributed by atoms with Crippen molar-refractivity contribution in [2.45, 2.75) is 12.8 Å². The maximum atomic E-state index is 10.7. The van der Waals surface area contributed by atoms with Crippen molar-refractivity contribution < 1.29 is 23.8 Å². The first kappa shape index (κ1) is 15.0. The molecule has 2 rings (SSSR count). The molecule has 0 aromatic carbocycles. The molecule has 0 radical (unpaired) electrons. The fraction of sp³-hybridized carbons (Fsp3) is 0.600. The Kier molecular flexibility index (Phi) is 4.14. The van der Waals surface area contributed by atoms with Crippen molar-refractivity contribution in [1.29, 1.82) is 0 Å². The Morgan fingerprint density at radius 1 is 1.30 bits per heavy atom. The normalized spacial score (nSPS) is 16.9. The minimum Gasteiger partial charge on any atom is -0.477 e. The van der Waals surface area contributed by atoms with Crippen molar-refractivity contribution in [2.75, 3.05) is 31.0 Å². The molecule has 1 saturated carbocycles. The molecule has 10 heteroatoms. The number of aromatic nitrogens is 2. The van der Waals surface area contributed by atoms with Crippen molar-refractivity contribution in [3.8, 4) is 5.88 Å². The van der Waals surface area contributed by atoms with Crippen molar-refractivity contribution in [3.05, 3.63) is 6.07 Å². The molecule has 20 heavy (non-hydrogen) atoms. The Bertz CT molecular complexity index is 510. The van der Waals surface area contributed by atoms with Crippen LogP contribution >= 0.6 is 7.60 Å². The summed E-state index contributed by atoms with van der Waals surface area (Å²) >= 11 is 0. The van der Waals surface area contributed by atoms with E-state index in [1.165, 1.54) is 6.07 Å². The molecule has 9 nitrogen and oxygen atoms in total. The molecule has 1 aliphatic rings. The Morgan fingerprint density at radius 3 is 2.55 bits per heavy atom. The molecule has 1 aromatic rings. The fourth-order valence-corrected chi connectivity index (χ4v) is 1.98. The van der Waals surface area contributed by atoms with Crippen molar-refractivity contribution >= 4 is 19.4 Å². The first-order chi connectivity index (χ1) is 9.28. The Balaban J connectivity index is 1.82. The predicted octanol–water partition coefficient (Wildman–Crippen LogP) is -0.0482. The zero-order valence-corrected chi connectivity index (χ0v) is 11.6. The molecular formula is C10H17N4O5P. The van der Waals surface area contributed by atoms with E-state index in [-0.39, 0.29) is 29.7 Å². The van der Waals surface area contributed by atoms with Gasteiger partial charge in [0.05, 0.1) is 13.2 Å². The predicted molar refractivity (Wildman–Crippen MR) is 70.9 cm³/mol. The van der Waals surface area contributed by atoms with Crippen molar-refractivity contribution in [3.63, 3.8) is 0 Å². The van der Waals surface area contributed by atoms with Crippen LogP contribution in [0.2, 0.25) is 0 Å². The summed E-state index contributed by atoms with van der Waals surface area (Å²) < 4.78 is 21.2. The molecule has 1 fully saturated rings. The summed E-state index contributed by atoms with van der Waals surface area (Å²) in [5, 5.41) is 0. The van der Waals surface area contributed by atoms with Gasteiger partial charge < -0.3 is 30.7 Å². The molecule has 0 bridgehead atoms. The number of anilines is 2. The van der Waals surface area contributed by atoms with E-state index in [1.54, 1.807) is 0 Å². The molecule has 0 saturated heterocycles. The average molecular weight is 304 g/mol. The van der Waals surface area contributed by atoms with Gasteiger partial charge in [-0.25, -0.2) is 0 Å². The minimum atomic E-state index is -4.13. The van der Waals surface area contributed by atoms with Gasteiger partial charge >= 0.3 is 7.60 Å². The van der Waals surface area contributed by atoms with E-state index in [2.05, 4.69) is 9.97 Å². The maximum absolute atomic E-state index is 10.7. The summed E-state index contributed by atoms with van der Waals surface area (Å²) in [5.41, 5.74) is 10.8. The smallest absolute Gasteiger partial charge is 0.350 e. The summed E-state index contributed by atoms with van der Waals surface area (Å²) in [6.07, 6.45) is 1.15. The number of hydrogen-bond donors (Lipinski definition) is 4. The Labute approximate surface area is 115 Å². The van der Waals surface area contributed by atoms with Gasteiger partial charge in [-0.3, -0.25) is 4.57 Å². The van der Waals surface area contributed by atoms with Gasteiger partial charge in [0.15, 0.2) is 0 Å². The minimum absolute atomic E-state index is 0.0302. The molecule has 1 aromatic heterocycles. The van der Waals surface area contributed by atoms with Crippen LogP contribution in [-0.2, 0) is 9.30 Å². The SMILES string of the molecule is Nc1cc(OCC2(COCP(=O)(O)O)CC2)nc(N)n1. The van der Waals surface area contributed by atoms with E-state index < -0.39 is 13.9 Å². The van der Waals surface area contributed by atoms with Gasteiger partial charge in [0, 0.05) is 11.5 Å². The molecular weight excluding hydrogens is 287 g/mol. The standard InChI is InChI=1S/C10H17N4O5P/c11-7-3-8(14-9(12)13-7)19-5-10(1-2-10)4-18-6-20(15,16)17/h3H,1-2,4-6H2,(H2,15,16,17)(H4,11,12,13,14). The lowest BCUT2D eigenvalue weighted by Crippen LogP contribution is -2.20. The van der Waals surface area contributed by atoms with Gasteiger partial charge in [0.1, 0.15) is 12.2 Å². The second-order valence-electron chi connectivity index (χ2n) is 4.92. The molecule has 1 heterocycles. The molecule has 0 atom stereocenters. The Morgan fingerprint density at radius 2 is 2.00 bits per heavy atom. The lowest BCUT2D eigenvalue weighted by molar-refractivity contribution is 0.0827. The second-order valence-corrected chi connectivity index (χ2v) is 6.51. The molecule has 1 aliphatic carbocycles. The van der Waals surface area contributed by atoms with Gasteiger partial charge in [-0.1, -0.05) is 0 Å². The van der Waals surface area contributed by atoms with Crippen LogP contribution in [0.5, 0.6) is 5.88 Å². The third-order valence-corrected chi connectivity index (χ3v) is 3.41. The van der Waals surface area contributed by atoms with Crippen LogP contribution < -0.4 is 16.2 Å². The van der Waals surface area contributed by atoms with Crippen LogP contribution in [0.4, 0.5) is 11.8 Å². The van der Waals surface area contributed by atoms with E-state index >= 15 is 0 Å². The van der Waals surface area contributed by atoms with Gasteiger partial charge in [-0.15, -0.1) is 0 Å². The second kappa shape index (κ2) is 5.53. The van der Waals surface area contributed by atoms with E-state index in [0.717, 1.165) is 12.8 Å². The number of hydrogen-bond acceptors (Lipinski definition) is 7. The highest BCUT2D eigenvalue weighted by Gasteiger charge is 2.44. The third-order valence-electron chi connectivity index (χ3n) is 2.89. The van der Waals surface area contributed by atoms with E-state index in [9.17, 15) is 4.57 Å². The highest BCUT2D eigenvalue weighted by Crippen LogP contribution is 2.47. The summed E-state index contributed by atoms with van der Waals surface area (Å²) in [4.78, 5) is 25.0. The summed E-state index contributed by atoms with van der Waals surface area (Å²) in [6, 6.07) is 1.46. The molecule has 0 spiro atoms. The van der Waals surface area contributed by atoms with Gasteiger partial charge in [0.2, 0.25) is 11.8 Å². The highest BCUT2D eigenvalue weighted by molar-refractivity contribution is 7.51. The molecule has 0 amide bonds. The molecule has 6 N–H and O–H groups in total. The summed E-state index contributed by atoms with van der Waals surface area (Å²) in [5.74, 6) is 0.522. The lowest BCUT2D eigenvalue weighted by Gasteiger charge is -2.16. The third kappa shape index (κ3) is 4.61. The molecule has 112 valence electrons. The first-order valence-corrected chi connectivity index (χ1v) is 7.73. The number of ether oxygens (including phenoxy) is 2. The van der Waals surface area contributed by atoms with Crippen LogP contribution in [0.15, 0.2) is 6.07 Å². The lowest BCUT2D eigenvalue weighted by atomic mass is 10.1. The zero-order valence-electron chi connectivity index (χ0n) is 10.7. The number of nitrogens with zero attached hydrogens (tertiary/aromatic N) is 2. The molecule has 0 unspecified atom stereocenters. The van der Waals surface area contributed by atoms with E-state index in [1.807, 2.05) is 0 Å². The van der Waals surface area contributed by atoms with Gasteiger partial charge in [0.25, 0.3) is 0 Å². The highest BCUT2D eigenvalue weighted by atomic mass is 31.2. The van der Waals surface area contributed by atoms with Crippen molar-refractivity contribution in [1.82, 2.24) is 9.97 Å². The largest absolute Gasteiger partial charge is 0.477 e.